The Kier molecular flexibility index (Phi) is 4.65. The maximum atomic E-state index is 12.1. The molecule has 2 aromatic carbocycles. The zero-order valence-corrected chi connectivity index (χ0v) is 12.9. The Morgan fingerprint density at radius 3 is 2.54 bits per heavy atom. The van der Waals surface area contributed by atoms with Crippen LogP contribution in [0.1, 0.15) is 12.5 Å². The molecule has 122 valence electrons. The predicted octanol–water partition coefficient (Wildman–Crippen LogP) is 4.67. The second kappa shape index (κ2) is 7.04. The van der Waals surface area contributed by atoms with Gasteiger partial charge in [0.1, 0.15) is 11.6 Å². The van der Waals surface area contributed by atoms with Crippen LogP contribution in [0.5, 0.6) is 5.75 Å². The topological polar surface area (TPSA) is 46.5 Å². The maximum absolute atomic E-state index is 12.1. The van der Waals surface area contributed by atoms with Gasteiger partial charge in [-0.15, -0.1) is 0 Å². The van der Waals surface area contributed by atoms with E-state index in [4.69, 9.17) is 0 Å². The molecule has 0 aliphatic heterocycles. The van der Waals surface area contributed by atoms with E-state index in [1.165, 1.54) is 12.1 Å². The van der Waals surface area contributed by atoms with E-state index in [0.717, 1.165) is 16.5 Å². The highest BCUT2D eigenvalue weighted by Crippen LogP contribution is 2.17. The minimum absolute atomic E-state index is 0.116. The lowest BCUT2D eigenvalue weighted by Crippen LogP contribution is -2.03. The molecule has 0 aliphatic carbocycles. The molecule has 24 heavy (non-hydrogen) atoms. The molecule has 0 atom stereocenters. The lowest BCUT2D eigenvalue weighted by molar-refractivity contribution is -0.0498. The maximum Gasteiger partial charge on any atom is 0.387 e. The van der Waals surface area contributed by atoms with Gasteiger partial charge >= 0.3 is 6.61 Å². The molecule has 3 aromatic rings. The summed E-state index contributed by atoms with van der Waals surface area (Å²) < 4.78 is 28.6. The molecule has 0 saturated carbocycles. The number of aromatic nitrogens is 1. The fraction of sp³-hybridized carbons (Fsp3) is 0.111. The molecule has 0 bridgehead atoms. The van der Waals surface area contributed by atoms with Crippen molar-refractivity contribution in [2.24, 2.45) is 5.10 Å². The van der Waals surface area contributed by atoms with Crippen molar-refractivity contribution in [2.45, 2.75) is 13.5 Å². The molecule has 0 saturated heterocycles. The van der Waals surface area contributed by atoms with Crippen LogP contribution in [0, 0.1) is 0 Å². The standard InChI is InChI=1S/C18H15F2N3O/c1-12(13-6-9-15(10-7-13)24-18(19)20)22-23-17-11-8-14-4-2-3-5-16(14)21-17/h2-11,18H,1H3,(H,21,23)/b22-12+. The average molecular weight is 327 g/mol. The molecule has 1 N–H and O–H groups in total. The second-order valence-electron chi connectivity index (χ2n) is 5.10. The number of anilines is 1. The molecular weight excluding hydrogens is 312 g/mol. The summed E-state index contributed by atoms with van der Waals surface area (Å²) in [6, 6.07) is 17.9. The number of nitrogens with one attached hydrogen (secondary N) is 1. The number of alkyl halides is 2. The summed E-state index contributed by atoms with van der Waals surface area (Å²) in [7, 11) is 0. The van der Waals surface area contributed by atoms with Crippen molar-refractivity contribution in [1.29, 1.82) is 0 Å². The number of hydrogen-bond donors (Lipinski definition) is 1. The molecule has 0 radical (unpaired) electrons. The van der Waals surface area contributed by atoms with Gasteiger partial charge in [-0.05, 0) is 55.0 Å². The Hall–Kier alpha value is -3.02. The number of nitrogens with zero attached hydrogens (tertiary/aromatic N) is 2. The zero-order chi connectivity index (χ0) is 16.9. The first-order valence-corrected chi connectivity index (χ1v) is 7.33. The molecule has 0 spiro atoms. The fourth-order valence-corrected chi connectivity index (χ4v) is 2.21. The van der Waals surface area contributed by atoms with Crippen molar-refractivity contribution in [1.82, 2.24) is 4.98 Å². The van der Waals surface area contributed by atoms with Gasteiger partial charge < -0.3 is 4.74 Å². The molecule has 1 aromatic heterocycles. The number of halogens is 2. The highest BCUT2D eigenvalue weighted by atomic mass is 19.3. The number of para-hydroxylation sites is 1. The third-order valence-corrected chi connectivity index (χ3v) is 3.43. The van der Waals surface area contributed by atoms with Gasteiger partial charge in [0.2, 0.25) is 0 Å². The van der Waals surface area contributed by atoms with Gasteiger partial charge in [0.15, 0.2) is 0 Å². The summed E-state index contributed by atoms with van der Waals surface area (Å²) in [5.41, 5.74) is 5.28. The summed E-state index contributed by atoms with van der Waals surface area (Å²) in [6.45, 7) is -1.01. The van der Waals surface area contributed by atoms with Crippen LogP contribution < -0.4 is 10.2 Å². The third kappa shape index (κ3) is 3.84. The van der Waals surface area contributed by atoms with Crippen LogP contribution in [0.25, 0.3) is 10.9 Å². The minimum atomic E-state index is -2.83. The van der Waals surface area contributed by atoms with Crippen LogP contribution in [-0.4, -0.2) is 17.3 Å². The third-order valence-electron chi connectivity index (χ3n) is 3.43. The van der Waals surface area contributed by atoms with Crippen molar-refractivity contribution < 1.29 is 13.5 Å². The van der Waals surface area contributed by atoms with Gasteiger partial charge in [-0.25, -0.2) is 4.98 Å². The van der Waals surface area contributed by atoms with Gasteiger partial charge in [0.05, 0.1) is 11.2 Å². The molecule has 0 unspecified atom stereocenters. The van der Waals surface area contributed by atoms with E-state index in [2.05, 4.69) is 20.2 Å². The lowest BCUT2D eigenvalue weighted by Gasteiger charge is -2.06. The molecule has 6 heteroatoms. The first kappa shape index (κ1) is 15.9. The smallest absolute Gasteiger partial charge is 0.387 e. The van der Waals surface area contributed by atoms with Gasteiger partial charge in [-0.2, -0.15) is 13.9 Å². The Labute approximate surface area is 137 Å². The van der Waals surface area contributed by atoms with E-state index >= 15 is 0 Å². The number of pyridine rings is 1. The van der Waals surface area contributed by atoms with Crippen molar-refractivity contribution >= 4 is 22.4 Å². The first-order valence-electron chi connectivity index (χ1n) is 7.33. The van der Waals surface area contributed by atoms with E-state index in [-0.39, 0.29) is 5.75 Å². The molecule has 3 rings (SSSR count). The number of rotatable bonds is 5. The molecule has 0 aliphatic rings. The fourth-order valence-electron chi connectivity index (χ4n) is 2.21. The van der Waals surface area contributed by atoms with Crippen molar-refractivity contribution in [3.63, 3.8) is 0 Å². The summed E-state index contributed by atoms with van der Waals surface area (Å²) >= 11 is 0. The van der Waals surface area contributed by atoms with Crippen LogP contribution in [0.2, 0.25) is 0 Å². The van der Waals surface area contributed by atoms with E-state index in [0.29, 0.717) is 11.5 Å². The van der Waals surface area contributed by atoms with Gasteiger partial charge in [-0.3, -0.25) is 5.43 Å². The van der Waals surface area contributed by atoms with Crippen LogP contribution in [0.15, 0.2) is 65.8 Å². The van der Waals surface area contributed by atoms with Gasteiger partial charge in [0, 0.05) is 5.39 Å². The van der Waals surface area contributed by atoms with Crippen LogP contribution in [-0.2, 0) is 0 Å². The predicted molar refractivity (Wildman–Crippen MR) is 90.7 cm³/mol. The van der Waals surface area contributed by atoms with Gasteiger partial charge in [0.25, 0.3) is 0 Å². The summed E-state index contributed by atoms with van der Waals surface area (Å²) in [4.78, 5) is 4.47. The highest BCUT2D eigenvalue weighted by Gasteiger charge is 2.05. The van der Waals surface area contributed by atoms with Gasteiger partial charge in [-0.1, -0.05) is 18.2 Å². The number of hydrazone groups is 1. The largest absolute Gasteiger partial charge is 0.435 e. The zero-order valence-electron chi connectivity index (χ0n) is 12.9. The molecule has 4 nitrogen and oxygen atoms in total. The Morgan fingerprint density at radius 2 is 1.79 bits per heavy atom. The summed E-state index contributed by atoms with van der Waals surface area (Å²) in [6.07, 6.45) is 0. The Balaban J connectivity index is 1.72. The first-order chi connectivity index (χ1) is 11.6. The normalized spacial score (nSPS) is 11.8. The van der Waals surface area contributed by atoms with E-state index in [1.807, 2.05) is 43.3 Å². The summed E-state index contributed by atoms with van der Waals surface area (Å²) in [5, 5.41) is 5.33. The minimum Gasteiger partial charge on any atom is -0.435 e. The molecule has 0 amide bonds. The number of fused-ring (bicyclic) bond motifs is 1. The second-order valence-corrected chi connectivity index (χ2v) is 5.10. The molecular formula is C18H15F2N3O. The SMILES string of the molecule is C/C(=N\Nc1ccc2ccccc2n1)c1ccc(OC(F)F)cc1. The van der Waals surface area contributed by atoms with Crippen molar-refractivity contribution in [3.05, 3.63) is 66.2 Å². The lowest BCUT2D eigenvalue weighted by atomic mass is 10.1. The van der Waals surface area contributed by atoms with Crippen LogP contribution >= 0.6 is 0 Å². The molecule has 0 fully saturated rings. The van der Waals surface area contributed by atoms with E-state index in [1.54, 1.807) is 12.1 Å². The van der Waals surface area contributed by atoms with E-state index < -0.39 is 6.61 Å². The average Bonchev–Trinajstić information content (AvgIpc) is 2.59. The molecule has 1 heterocycles. The van der Waals surface area contributed by atoms with Crippen molar-refractivity contribution in [3.8, 4) is 5.75 Å². The summed E-state index contributed by atoms with van der Waals surface area (Å²) in [5.74, 6) is 0.747. The number of ether oxygens (including phenoxy) is 1. The van der Waals surface area contributed by atoms with Crippen LogP contribution in [0.3, 0.4) is 0 Å². The van der Waals surface area contributed by atoms with E-state index in [9.17, 15) is 8.78 Å². The quantitative estimate of drug-likeness (QED) is 0.547. The number of benzene rings is 2. The highest BCUT2D eigenvalue weighted by molar-refractivity contribution is 5.99. The monoisotopic (exact) mass is 327 g/mol. The van der Waals surface area contributed by atoms with Crippen molar-refractivity contribution in [2.75, 3.05) is 5.43 Å². The Morgan fingerprint density at radius 1 is 1.04 bits per heavy atom. The number of hydrogen-bond acceptors (Lipinski definition) is 4. The van der Waals surface area contributed by atoms with Crippen LogP contribution in [0.4, 0.5) is 14.6 Å². The Bertz CT molecular complexity index is 864.